The molecule has 6 aromatic rings. The monoisotopic (exact) mass is 564 g/mol. The van der Waals surface area contributed by atoms with Crippen molar-refractivity contribution in [3.8, 4) is 22.6 Å². The van der Waals surface area contributed by atoms with Crippen molar-refractivity contribution in [2.45, 2.75) is 18.4 Å². The zero-order chi connectivity index (χ0) is 28.8. The fourth-order valence-corrected chi connectivity index (χ4v) is 6.79. The molecule has 0 spiro atoms. The van der Waals surface area contributed by atoms with Gasteiger partial charge in [-0.1, -0.05) is 97.1 Å². The first-order chi connectivity index (χ1) is 21.3. The molecule has 1 unspecified atom stereocenters. The Kier molecular flexibility index (Phi) is 6.40. The highest BCUT2D eigenvalue weighted by Gasteiger charge is 2.47. The number of rotatable bonds is 9. The van der Waals surface area contributed by atoms with Gasteiger partial charge in [-0.15, -0.1) is 0 Å². The molecule has 1 saturated heterocycles. The van der Waals surface area contributed by atoms with Gasteiger partial charge in [-0.3, -0.25) is 0 Å². The maximum Gasteiger partial charge on any atom is 0.189 e. The first-order valence-corrected chi connectivity index (χ1v) is 15.0. The molecule has 4 nitrogen and oxygen atoms in total. The maximum atomic E-state index is 6.05. The third-order valence-corrected chi connectivity index (χ3v) is 8.84. The second-order valence-electron chi connectivity index (χ2n) is 11.2. The molecule has 1 heterocycles. The molecule has 0 radical (unpaired) electrons. The van der Waals surface area contributed by atoms with Gasteiger partial charge in [-0.2, -0.15) is 0 Å². The molecular weight excluding hydrogens is 532 g/mol. The Morgan fingerprint density at radius 3 is 1.65 bits per heavy atom. The predicted molar refractivity (Wildman–Crippen MR) is 171 cm³/mol. The van der Waals surface area contributed by atoms with Gasteiger partial charge in [0.15, 0.2) is 6.79 Å². The summed E-state index contributed by atoms with van der Waals surface area (Å²) in [6.45, 7) is 4.18. The molecule has 4 heteroatoms. The molecule has 0 amide bonds. The van der Waals surface area contributed by atoms with Gasteiger partial charge in [-0.25, -0.2) is 0 Å². The first-order valence-electron chi connectivity index (χ1n) is 15.0. The van der Waals surface area contributed by atoms with Gasteiger partial charge in [0.2, 0.25) is 0 Å². The lowest BCUT2D eigenvalue weighted by Gasteiger charge is -2.34. The Balaban J connectivity index is 1.40. The number of hydrogen-bond donors (Lipinski definition) is 0. The molecule has 212 valence electrons. The molecule has 0 saturated carbocycles. The van der Waals surface area contributed by atoms with E-state index in [0.717, 1.165) is 18.1 Å². The van der Waals surface area contributed by atoms with Crippen LogP contribution in [0.5, 0.6) is 11.5 Å². The SMILES string of the molecule is CCOCOc1ccc(C2(c3ccc(OCC4CO4)cc3)c3ccc4ccccc4c3-c3c2ccc2ccccc32)cc1. The van der Waals surface area contributed by atoms with E-state index in [9.17, 15) is 0 Å². The highest BCUT2D eigenvalue weighted by atomic mass is 16.7. The first kappa shape index (κ1) is 26.0. The summed E-state index contributed by atoms with van der Waals surface area (Å²) in [5, 5.41) is 5.00. The van der Waals surface area contributed by atoms with Crippen LogP contribution >= 0.6 is 0 Å². The summed E-state index contributed by atoms with van der Waals surface area (Å²) in [4.78, 5) is 0. The molecule has 2 aliphatic rings. The molecule has 0 aromatic heterocycles. The normalized spacial score (nSPS) is 16.2. The quantitative estimate of drug-likeness (QED) is 0.100. The molecule has 1 aliphatic carbocycles. The van der Waals surface area contributed by atoms with Gasteiger partial charge in [0, 0.05) is 6.61 Å². The zero-order valence-corrected chi connectivity index (χ0v) is 24.1. The molecule has 0 N–H and O–H groups in total. The number of ether oxygens (including phenoxy) is 4. The van der Waals surface area contributed by atoms with E-state index >= 15 is 0 Å². The Morgan fingerprint density at radius 2 is 1.14 bits per heavy atom. The Labute approximate surface area is 251 Å². The largest absolute Gasteiger partial charge is 0.491 e. The second-order valence-corrected chi connectivity index (χ2v) is 11.2. The number of benzene rings is 6. The van der Waals surface area contributed by atoms with Crippen molar-refractivity contribution in [3.05, 3.63) is 144 Å². The lowest BCUT2D eigenvalue weighted by Crippen LogP contribution is -2.28. The minimum atomic E-state index is -0.546. The summed E-state index contributed by atoms with van der Waals surface area (Å²) < 4.78 is 22.7. The van der Waals surface area contributed by atoms with E-state index in [0.29, 0.717) is 13.2 Å². The summed E-state index contributed by atoms with van der Waals surface area (Å²) in [7, 11) is 0. The minimum Gasteiger partial charge on any atom is -0.491 e. The van der Waals surface area contributed by atoms with Crippen molar-refractivity contribution < 1.29 is 18.9 Å². The van der Waals surface area contributed by atoms with E-state index in [1.807, 2.05) is 6.92 Å². The van der Waals surface area contributed by atoms with Gasteiger partial charge in [0.1, 0.15) is 24.2 Å². The molecule has 0 bridgehead atoms. The van der Waals surface area contributed by atoms with Crippen LogP contribution in [-0.2, 0) is 14.9 Å². The standard InChI is InChI=1S/C39H32O4/c1-2-40-25-43-31-19-15-29(16-20-31)39(28-13-17-30(18-14-28)41-23-32-24-42-32)35-21-11-26-7-3-5-9-33(26)37(35)38-34-10-6-4-8-27(34)12-22-36(38)39/h3-22,32H,2,23-25H2,1H3. The van der Waals surface area contributed by atoms with Crippen LogP contribution in [0.3, 0.4) is 0 Å². The van der Waals surface area contributed by atoms with Crippen molar-refractivity contribution in [3.63, 3.8) is 0 Å². The average molecular weight is 565 g/mol. The fourth-order valence-electron chi connectivity index (χ4n) is 6.79. The Bertz CT molecular complexity index is 1850. The van der Waals surface area contributed by atoms with Crippen molar-refractivity contribution in [1.29, 1.82) is 0 Å². The molecular formula is C39H32O4. The summed E-state index contributed by atoms with van der Waals surface area (Å²) in [5.74, 6) is 1.64. The fraction of sp³-hybridized carbons (Fsp3) is 0.179. The third kappa shape index (κ3) is 4.29. The minimum absolute atomic E-state index is 0.213. The van der Waals surface area contributed by atoms with Crippen molar-refractivity contribution in [2.75, 3.05) is 26.6 Å². The van der Waals surface area contributed by atoms with Crippen LogP contribution in [0.2, 0.25) is 0 Å². The highest BCUT2D eigenvalue weighted by Crippen LogP contribution is 2.59. The number of hydrogen-bond acceptors (Lipinski definition) is 4. The van der Waals surface area contributed by atoms with E-state index in [4.69, 9.17) is 18.9 Å². The molecule has 8 rings (SSSR count). The van der Waals surface area contributed by atoms with Crippen molar-refractivity contribution in [2.24, 2.45) is 0 Å². The van der Waals surface area contributed by atoms with Gasteiger partial charge in [0.25, 0.3) is 0 Å². The average Bonchev–Trinajstić information content (AvgIpc) is 3.85. The van der Waals surface area contributed by atoms with E-state index in [2.05, 4.69) is 121 Å². The predicted octanol–water partition coefficient (Wildman–Crippen LogP) is 8.51. The summed E-state index contributed by atoms with van der Waals surface area (Å²) in [6, 6.07) is 43.9. The van der Waals surface area contributed by atoms with E-state index in [1.54, 1.807) is 0 Å². The lowest BCUT2D eigenvalue weighted by molar-refractivity contribution is 0.0224. The van der Waals surface area contributed by atoms with Gasteiger partial charge >= 0.3 is 0 Å². The molecule has 43 heavy (non-hydrogen) atoms. The Morgan fingerprint density at radius 1 is 0.628 bits per heavy atom. The van der Waals surface area contributed by atoms with Crippen molar-refractivity contribution >= 4 is 21.5 Å². The topological polar surface area (TPSA) is 40.2 Å². The van der Waals surface area contributed by atoms with Gasteiger partial charge in [-0.05, 0) is 86.1 Å². The number of epoxide rings is 1. The van der Waals surface area contributed by atoms with Crippen LogP contribution in [0.4, 0.5) is 0 Å². The molecule has 6 aromatic carbocycles. The van der Waals surface area contributed by atoms with E-state index in [1.165, 1.54) is 54.9 Å². The molecule has 1 atom stereocenters. The van der Waals surface area contributed by atoms with Crippen LogP contribution in [0.25, 0.3) is 32.7 Å². The summed E-state index contributed by atoms with van der Waals surface area (Å²) in [6.07, 6.45) is 0.213. The second kappa shape index (κ2) is 10.6. The third-order valence-electron chi connectivity index (χ3n) is 8.84. The van der Waals surface area contributed by atoms with Crippen LogP contribution < -0.4 is 9.47 Å². The van der Waals surface area contributed by atoms with Crippen molar-refractivity contribution in [1.82, 2.24) is 0 Å². The highest BCUT2D eigenvalue weighted by molar-refractivity contribution is 6.12. The van der Waals surface area contributed by atoms with Gasteiger partial charge < -0.3 is 18.9 Å². The molecule has 1 fully saturated rings. The Hall–Kier alpha value is -4.64. The van der Waals surface area contributed by atoms with Crippen LogP contribution in [-0.4, -0.2) is 32.7 Å². The van der Waals surface area contributed by atoms with E-state index in [-0.39, 0.29) is 12.9 Å². The molecule has 1 aliphatic heterocycles. The zero-order valence-electron chi connectivity index (χ0n) is 24.1. The lowest BCUT2D eigenvalue weighted by atomic mass is 9.67. The van der Waals surface area contributed by atoms with E-state index < -0.39 is 5.41 Å². The summed E-state index contributed by atoms with van der Waals surface area (Å²) in [5.41, 5.74) is 6.98. The number of fused-ring (bicyclic) bond motifs is 7. The summed E-state index contributed by atoms with van der Waals surface area (Å²) >= 11 is 0. The van der Waals surface area contributed by atoms with Crippen LogP contribution in [0.15, 0.2) is 121 Å². The smallest absolute Gasteiger partial charge is 0.189 e. The van der Waals surface area contributed by atoms with Gasteiger partial charge in [0.05, 0.1) is 12.0 Å². The van der Waals surface area contributed by atoms with Crippen LogP contribution in [0.1, 0.15) is 29.2 Å². The van der Waals surface area contributed by atoms with Crippen LogP contribution in [0, 0.1) is 0 Å². The maximum absolute atomic E-state index is 6.05.